The highest BCUT2D eigenvalue weighted by atomic mass is 19.4. The number of carboxylic acid groups (broad SMARTS) is 2. The molecule has 0 saturated carbocycles. The van der Waals surface area contributed by atoms with Crippen LogP contribution in [0.1, 0.15) is 69.1 Å². The van der Waals surface area contributed by atoms with Crippen molar-refractivity contribution in [3.05, 3.63) is 142 Å². The van der Waals surface area contributed by atoms with Gasteiger partial charge in [0, 0.05) is 19.5 Å². The van der Waals surface area contributed by atoms with Gasteiger partial charge in [-0.25, -0.2) is 4.79 Å². The normalized spacial score (nSPS) is 12.3. The first-order chi connectivity index (χ1) is 22.1. The van der Waals surface area contributed by atoms with Crippen molar-refractivity contribution in [2.75, 3.05) is 13.1 Å². The van der Waals surface area contributed by atoms with Gasteiger partial charge in [0.1, 0.15) is 0 Å². The molecule has 4 aromatic rings. The maximum atomic E-state index is 12.8. The fraction of sp³-hybridized carbons (Fsp3) is 0.297. The van der Waals surface area contributed by atoms with E-state index < -0.39 is 23.7 Å². The number of nitrogens with zero attached hydrogens (tertiary/aromatic N) is 1. The summed E-state index contributed by atoms with van der Waals surface area (Å²) in [6.07, 6.45) is -1.96. The highest BCUT2D eigenvalue weighted by Gasteiger charge is 2.29. The first-order valence-electron chi connectivity index (χ1n) is 15.2. The van der Waals surface area contributed by atoms with Crippen LogP contribution in [0.5, 0.6) is 0 Å². The largest absolute Gasteiger partial charge is 0.481 e. The molecular weight excluding hydrogens is 595 g/mol. The van der Waals surface area contributed by atoms with Gasteiger partial charge in [-0.05, 0) is 84.3 Å². The molecule has 9 heteroatoms. The van der Waals surface area contributed by atoms with Crippen LogP contribution in [0.25, 0.3) is 0 Å². The van der Waals surface area contributed by atoms with E-state index in [1.807, 2.05) is 54.6 Å². The number of aliphatic carboxylic acids is 1. The van der Waals surface area contributed by atoms with E-state index in [2.05, 4.69) is 4.90 Å². The molecule has 0 amide bonds. The van der Waals surface area contributed by atoms with Crippen molar-refractivity contribution in [2.45, 2.75) is 57.5 Å². The molecule has 242 valence electrons. The number of unbranched alkanes of at least 4 members (excludes halogenated alkanes) is 1. The predicted octanol–water partition coefficient (Wildman–Crippen LogP) is 8.20. The van der Waals surface area contributed by atoms with Crippen molar-refractivity contribution in [1.29, 1.82) is 0 Å². The average Bonchev–Trinajstić information content (AvgIpc) is 3.04. The van der Waals surface area contributed by atoms with Crippen molar-refractivity contribution < 1.29 is 37.7 Å². The molecule has 0 bridgehead atoms. The van der Waals surface area contributed by atoms with Crippen molar-refractivity contribution in [3.63, 3.8) is 0 Å². The summed E-state index contributed by atoms with van der Waals surface area (Å²) >= 11 is 0. The van der Waals surface area contributed by atoms with Crippen LogP contribution in [0.15, 0.2) is 103 Å². The molecule has 0 radical (unpaired) electrons. The number of halogens is 3. The minimum Gasteiger partial charge on any atom is -0.481 e. The number of aromatic carboxylic acids is 1. The third-order valence-electron chi connectivity index (χ3n) is 7.78. The highest BCUT2D eigenvalue weighted by molar-refractivity contribution is 5.87. The maximum absolute atomic E-state index is 12.8. The maximum Gasteiger partial charge on any atom is 0.416 e. The Bertz CT molecular complexity index is 1520. The number of aryl methyl sites for hydroxylation is 2. The third kappa shape index (κ3) is 11.2. The van der Waals surface area contributed by atoms with Gasteiger partial charge in [0.2, 0.25) is 0 Å². The molecule has 0 heterocycles. The van der Waals surface area contributed by atoms with E-state index in [1.165, 1.54) is 12.1 Å². The number of hydrogen-bond donors (Lipinski definition) is 2. The third-order valence-corrected chi connectivity index (χ3v) is 7.78. The van der Waals surface area contributed by atoms with E-state index in [0.29, 0.717) is 51.9 Å². The Kier molecular flexibility index (Phi) is 12.5. The summed E-state index contributed by atoms with van der Waals surface area (Å²) in [5, 5.41) is 18.3. The van der Waals surface area contributed by atoms with Crippen LogP contribution in [0.4, 0.5) is 13.2 Å². The molecule has 0 spiro atoms. The van der Waals surface area contributed by atoms with E-state index in [9.17, 15) is 27.9 Å². The van der Waals surface area contributed by atoms with E-state index in [4.69, 9.17) is 9.84 Å². The molecule has 0 aromatic heterocycles. The van der Waals surface area contributed by atoms with Crippen molar-refractivity contribution in [2.24, 2.45) is 0 Å². The van der Waals surface area contributed by atoms with Crippen molar-refractivity contribution >= 4 is 11.9 Å². The number of alkyl halides is 3. The number of rotatable bonds is 17. The molecule has 4 aromatic carbocycles. The van der Waals surface area contributed by atoms with Gasteiger partial charge in [0.25, 0.3) is 0 Å². The van der Waals surface area contributed by atoms with E-state index in [0.717, 1.165) is 39.9 Å². The van der Waals surface area contributed by atoms with Crippen LogP contribution in [0.2, 0.25) is 0 Å². The van der Waals surface area contributed by atoms with Gasteiger partial charge in [-0.3, -0.25) is 9.69 Å². The predicted molar refractivity (Wildman–Crippen MR) is 169 cm³/mol. The number of carboxylic acids is 2. The monoisotopic (exact) mass is 633 g/mol. The second kappa shape index (κ2) is 16.7. The van der Waals surface area contributed by atoms with Gasteiger partial charge < -0.3 is 14.9 Å². The molecule has 46 heavy (non-hydrogen) atoms. The molecule has 0 saturated heterocycles. The molecule has 0 aliphatic heterocycles. The molecule has 0 aliphatic rings. The standard InChI is InChI=1S/C37H38F3NO5/c38-37(39,40)33-21-17-28(18-22-33)10-9-27-11-13-30(14-12-27)26-46-34(31-6-2-1-3-7-31)25-41(23-5-4-8-35(42)43)24-29-15-19-32(20-16-29)36(44)45/h1-3,6-7,11-22,34H,4-5,8-10,23-26H2,(H,42,43)(H,44,45). The summed E-state index contributed by atoms with van der Waals surface area (Å²) < 4.78 is 45.0. The molecule has 4 rings (SSSR count). The molecule has 1 atom stereocenters. The molecule has 1 unspecified atom stereocenters. The first-order valence-corrected chi connectivity index (χ1v) is 15.2. The Hall–Kier alpha value is -4.47. The first kappa shape index (κ1) is 34.4. The Labute approximate surface area is 267 Å². The van der Waals surface area contributed by atoms with Gasteiger partial charge in [-0.2, -0.15) is 13.2 Å². The van der Waals surface area contributed by atoms with Crippen LogP contribution in [0.3, 0.4) is 0 Å². The van der Waals surface area contributed by atoms with Crippen LogP contribution in [0, 0.1) is 0 Å². The van der Waals surface area contributed by atoms with Crippen molar-refractivity contribution in [1.82, 2.24) is 4.90 Å². The number of hydrogen-bond acceptors (Lipinski definition) is 4. The van der Waals surface area contributed by atoms with Crippen molar-refractivity contribution in [3.8, 4) is 0 Å². The van der Waals surface area contributed by atoms with Gasteiger partial charge in [-0.15, -0.1) is 0 Å². The molecule has 0 fully saturated rings. The molecule has 2 N–H and O–H groups in total. The fourth-order valence-electron chi connectivity index (χ4n) is 5.16. The van der Waals surface area contributed by atoms with E-state index >= 15 is 0 Å². The SMILES string of the molecule is O=C(O)CCCCN(Cc1ccc(C(=O)O)cc1)CC(OCc1ccc(CCc2ccc(C(F)(F)F)cc2)cc1)c1ccccc1. The minimum atomic E-state index is -4.34. The van der Waals surface area contributed by atoms with Gasteiger partial charge in [-0.1, -0.05) is 78.9 Å². The molecule has 6 nitrogen and oxygen atoms in total. The molecule has 0 aliphatic carbocycles. The zero-order valence-corrected chi connectivity index (χ0v) is 25.5. The van der Waals surface area contributed by atoms with Crippen LogP contribution in [-0.2, 0) is 41.7 Å². The summed E-state index contributed by atoms with van der Waals surface area (Å²) in [6, 6.07) is 29.9. The highest BCUT2D eigenvalue weighted by Crippen LogP contribution is 2.29. The van der Waals surface area contributed by atoms with Gasteiger partial charge in [0.05, 0.1) is 23.8 Å². The van der Waals surface area contributed by atoms with Gasteiger partial charge in [0.15, 0.2) is 0 Å². The lowest BCUT2D eigenvalue weighted by Gasteiger charge is -2.28. The zero-order valence-electron chi connectivity index (χ0n) is 25.5. The Morgan fingerprint density at radius 2 is 1.28 bits per heavy atom. The quantitative estimate of drug-likeness (QED) is 0.114. The van der Waals surface area contributed by atoms with Gasteiger partial charge >= 0.3 is 18.1 Å². The number of benzene rings is 4. The number of ether oxygens (including phenoxy) is 1. The van der Waals surface area contributed by atoms with Crippen LogP contribution < -0.4 is 0 Å². The lowest BCUT2D eigenvalue weighted by atomic mass is 10.0. The second-order valence-corrected chi connectivity index (χ2v) is 11.3. The van der Waals surface area contributed by atoms with E-state index in [-0.39, 0.29) is 18.1 Å². The Balaban J connectivity index is 1.40. The second-order valence-electron chi connectivity index (χ2n) is 11.3. The summed E-state index contributed by atoms with van der Waals surface area (Å²) in [6.45, 7) is 2.10. The Morgan fingerprint density at radius 3 is 1.85 bits per heavy atom. The van der Waals surface area contributed by atoms with Crippen LogP contribution >= 0.6 is 0 Å². The number of carbonyl (C=O) groups is 2. The lowest BCUT2D eigenvalue weighted by molar-refractivity contribution is -0.138. The summed E-state index contributed by atoms with van der Waals surface area (Å²) in [5.74, 6) is -1.81. The fourth-order valence-corrected chi connectivity index (χ4v) is 5.16. The topological polar surface area (TPSA) is 87.1 Å². The average molecular weight is 634 g/mol. The minimum absolute atomic E-state index is 0.0973. The zero-order chi connectivity index (χ0) is 32.9. The summed E-state index contributed by atoms with van der Waals surface area (Å²) in [5.41, 5.74) is 4.42. The molecular formula is C37H38F3NO5. The van der Waals surface area contributed by atoms with Crippen LogP contribution in [-0.4, -0.2) is 40.1 Å². The Morgan fingerprint density at radius 1 is 0.717 bits per heavy atom. The summed E-state index contributed by atoms with van der Waals surface area (Å²) in [7, 11) is 0. The van der Waals surface area contributed by atoms with E-state index in [1.54, 1.807) is 24.3 Å². The lowest BCUT2D eigenvalue weighted by Crippen LogP contribution is -2.30. The smallest absolute Gasteiger partial charge is 0.416 e. The summed E-state index contributed by atoms with van der Waals surface area (Å²) in [4.78, 5) is 24.6.